The van der Waals surface area contributed by atoms with Gasteiger partial charge in [-0.1, -0.05) is 42.4 Å². The van der Waals surface area contributed by atoms with E-state index in [4.69, 9.17) is 18.7 Å². The van der Waals surface area contributed by atoms with E-state index in [0.717, 1.165) is 5.56 Å². The summed E-state index contributed by atoms with van der Waals surface area (Å²) in [6.07, 6.45) is 0.642. The Balaban J connectivity index is 1.67. The molecule has 0 unspecified atom stereocenters. The van der Waals surface area contributed by atoms with Crippen LogP contribution in [0.3, 0.4) is 0 Å². The lowest BCUT2D eigenvalue weighted by atomic mass is 9.97. The molecule has 2 aromatic carbocycles. The summed E-state index contributed by atoms with van der Waals surface area (Å²) in [7, 11) is 3.12. The molecule has 0 fully saturated rings. The van der Waals surface area contributed by atoms with Gasteiger partial charge in [-0.3, -0.25) is 4.79 Å². The highest BCUT2D eigenvalue weighted by molar-refractivity contribution is 5.78. The van der Waals surface area contributed by atoms with Crippen molar-refractivity contribution in [1.82, 2.24) is 10.1 Å². The summed E-state index contributed by atoms with van der Waals surface area (Å²) in [6, 6.07) is 14.9. The zero-order valence-corrected chi connectivity index (χ0v) is 16.0. The van der Waals surface area contributed by atoms with Crippen LogP contribution in [0.4, 0.5) is 0 Å². The maximum atomic E-state index is 12.4. The first-order chi connectivity index (χ1) is 13.7. The molecule has 0 aliphatic carbocycles. The molecule has 0 saturated carbocycles. The quantitative estimate of drug-likeness (QED) is 0.545. The van der Waals surface area contributed by atoms with Crippen molar-refractivity contribution in [3.63, 3.8) is 0 Å². The van der Waals surface area contributed by atoms with Gasteiger partial charge in [0.05, 0.1) is 20.1 Å². The predicted molar refractivity (Wildman–Crippen MR) is 102 cm³/mol. The Morgan fingerprint density at radius 3 is 2.50 bits per heavy atom. The van der Waals surface area contributed by atoms with Crippen LogP contribution < -0.4 is 9.47 Å². The summed E-state index contributed by atoms with van der Waals surface area (Å²) in [4.78, 5) is 16.7. The third kappa shape index (κ3) is 4.31. The molecule has 1 heterocycles. The molecular formula is C21H22N2O5. The monoisotopic (exact) mass is 382 g/mol. The van der Waals surface area contributed by atoms with Gasteiger partial charge in [-0.2, -0.15) is 4.98 Å². The average molecular weight is 382 g/mol. The van der Waals surface area contributed by atoms with Crippen molar-refractivity contribution in [3.05, 3.63) is 60.0 Å². The average Bonchev–Trinajstić information content (AvgIpc) is 3.22. The van der Waals surface area contributed by atoms with Crippen LogP contribution in [0, 0.1) is 0 Å². The fourth-order valence-electron chi connectivity index (χ4n) is 2.86. The number of nitrogens with zero attached hydrogens (tertiary/aromatic N) is 2. The number of hydrogen-bond donors (Lipinski definition) is 0. The number of aromatic nitrogens is 2. The molecule has 0 aliphatic rings. The van der Waals surface area contributed by atoms with Crippen molar-refractivity contribution in [2.24, 2.45) is 0 Å². The largest absolute Gasteiger partial charge is 0.493 e. The summed E-state index contributed by atoms with van der Waals surface area (Å²) in [5.74, 6) is 1.12. The lowest BCUT2D eigenvalue weighted by Gasteiger charge is -2.13. The fourth-order valence-corrected chi connectivity index (χ4v) is 2.86. The van der Waals surface area contributed by atoms with Gasteiger partial charge in [-0.15, -0.1) is 0 Å². The van der Waals surface area contributed by atoms with Gasteiger partial charge in [0, 0.05) is 5.56 Å². The van der Waals surface area contributed by atoms with Gasteiger partial charge < -0.3 is 18.7 Å². The SMILES string of the molecule is CC[C@H](C(=O)OCc1nc(-c2ccc(OC)c(OC)c2)no1)c1ccccc1. The Kier molecular flexibility index (Phi) is 6.26. The van der Waals surface area contributed by atoms with E-state index < -0.39 is 0 Å². The van der Waals surface area contributed by atoms with E-state index in [1.165, 1.54) is 0 Å². The number of hydrogen-bond acceptors (Lipinski definition) is 7. The van der Waals surface area contributed by atoms with Crippen molar-refractivity contribution in [3.8, 4) is 22.9 Å². The molecule has 28 heavy (non-hydrogen) atoms. The second kappa shape index (κ2) is 9.03. The number of carbonyl (C=O) groups excluding carboxylic acids is 1. The van der Waals surface area contributed by atoms with Crippen molar-refractivity contribution in [2.45, 2.75) is 25.9 Å². The van der Waals surface area contributed by atoms with Crippen molar-refractivity contribution in [2.75, 3.05) is 14.2 Å². The van der Waals surface area contributed by atoms with Crippen molar-refractivity contribution < 1.29 is 23.5 Å². The van der Waals surface area contributed by atoms with Gasteiger partial charge in [-0.05, 0) is 30.2 Å². The van der Waals surface area contributed by atoms with E-state index in [0.29, 0.717) is 29.3 Å². The van der Waals surface area contributed by atoms with E-state index in [1.54, 1.807) is 32.4 Å². The van der Waals surface area contributed by atoms with Crippen LogP contribution >= 0.6 is 0 Å². The van der Waals surface area contributed by atoms with Gasteiger partial charge in [0.25, 0.3) is 5.89 Å². The van der Waals surface area contributed by atoms with Crippen LogP contribution in [0.15, 0.2) is 53.1 Å². The number of esters is 1. The molecule has 7 nitrogen and oxygen atoms in total. The highest BCUT2D eigenvalue weighted by atomic mass is 16.6. The molecule has 0 spiro atoms. The topological polar surface area (TPSA) is 83.7 Å². The summed E-state index contributed by atoms with van der Waals surface area (Å²) in [6.45, 7) is 1.86. The van der Waals surface area contributed by atoms with Gasteiger partial charge in [0.1, 0.15) is 0 Å². The standard InChI is InChI=1S/C21H22N2O5/c1-4-16(14-8-6-5-7-9-14)21(24)27-13-19-22-20(23-28-19)15-10-11-17(25-2)18(12-15)26-3/h5-12,16H,4,13H2,1-3H3/t16-/m0/s1. The molecule has 3 rings (SSSR count). The van der Waals surface area contributed by atoms with E-state index in [-0.39, 0.29) is 24.4 Å². The van der Waals surface area contributed by atoms with Gasteiger partial charge in [-0.25, -0.2) is 0 Å². The van der Waals surface area contributed by atoms with E-state index in [2.05, 4.69) is 10.1 Å². The summed E-state index contributed by atoms with van der Waals surface area (Å²) in [5, 5.41) is 3.94. The number of methoxy groups -OCH3 is 2. The van der Waals surface area contributed by atoms with Crippen LogP contribution in [-0.2, 0) is 16.1 Å². The molecule has 0 radical (unpaired) electrons. The molecule has 0 amide bonds. The highest BCUT2D eigenvalue weighted by Gasteiger charge is 2.21. The molecule has 0 saturated heterocycles. The number of benzene rings is 2. The molecule has 146 valence electrons. The number of ether oxygens (including phenoxy) is 3. The molecule has 0 aliphatic heterocycles. The molecule has 1 atom stereocenters. The molecular weight excluding hydrogens is 360 g/mol. The minimum atomic E-state index is -0.325. The maximum absolute atomic E-state index is 12.4. The third-order valence-electron chi connectivity index (χ3n) is 4.34. The van der Waals surface area contributed by atoms with Gasteiger partial charge in [0.15, 0.2) is 18.1 Å². The van der Waals surface area contributed by atoms with Crippen molar-refractivity contribution >= 4 is 5.97 Å². The van der Waals surface area contributed by atoms with Crippen molar-refractivity contribution in [1.29, 1.82) is 0 Å². The van der Waals surface area contributed by atoms with E-state index in [1.807, 2.05) is 37.3 Å². The number of carbonyl (C=O) groups is 1. The van der Waals surface area contributed by atoms with Crippen LogP contribution in [0.25, 0.3) is 11.4 Å². The second-order valence-corrected chi connectivity index (χ2v) is 6.06. The first-order valence-electron chi connectivity index (χ1n) is 8.92. The highest BCUT2D eigenvalue weighted by Crippen LogP contribution is 2.31. The minimum Gasteiger partial charge on any atom is -0.493 e. The Morgan fingerprint density at radius 1 is 1.07 bits per heavy atom. The van der Waals surface area contributed by atoms with Crippen LogP contribution in [0.2, 0.25) is 0 Å². The van der Waals surface area contributed by atoms with Crippen LogP contribution in [0.5, 0.6) is 11.5 Å². The summed E-state index contributed by atoms with van der Waals surface area (Å²) < 4.78 is 21.1. The zero-order valence-electron chi connectivity index (χ0n) is 16.0. The smallest absolute Gasteiger partial charge is 0.313 e. The second-order valence-electron chi connectivity index (χ2n) is 6.06. The van der Waals surface area contributed by atoms with Crippen LogP contribution in [0.1, 0.15) is 30.7 Å². The summed E-state index contributed by atoms with van der Waals surface area (Å²) >= 11 is 0. The van der Waals surface area contributed by atoms with Crippen LogP contribution in [-0.4, -0.2) is 30.3 Å². The fraction of sp³-hybridized carbons (Fsp3) is 0.286. The Hall–Kier alpha value is -3.35. The van der Waals surface area contributed by atoms with Gasteiger partial charge in [0.2, 0.25) is 5.82 Å². The Morgan fingerprint density at radius 2 is 1.82 bits per heavy atom. The Bertz CT molecular complexity index is 924. The van der Waals surface area contributed by atoms with Gasteiger partial charge >= 0.3 is 5.97 Å². The lowest BCUT2D eigenvalue weighted by molar-refractivity contribution is -0.147. The lowest BCUT2D eigenvalue weighted by Crippen LogP contribution is -2.15. The van der Waals surface area contributed by atoms with E-state index >= 15 is 0 Å². The minimum absolute atomic E-state index is 0.0809. The maximum Gasteiger partial charge on any atom is 0.313 e. The molecule has 1 aromatic heterocycles. The predicted octanol–water partition coefficient (Wildman–Crippen LogP) is 3.99. The first kappa shape index (κ1) is 19.4. The Labute approximate surface area is 163 Å². The van der Waals surface area contributed by atoms with E-state index in [9.17, 15) is 4.79 Å². The molecule has 0 bridgehead atoms. The first-order valence-corrected chi connectivity index (χ1v) is 8.92. The molecule has 0 N–H and O–H groups in total. The summed E-state index contributed by atoms with van der Waals surface area (Å²) in [5.41, 5.74) is 1.63. The number of rotatable bonds is 8. The third-order valence-corrected chi connectivity index (χ3v) is 4.34. The zero-order chi connectivity index (χ0) is 19.9. The molecule has 3 aromatic rings. The normalized spacial score (nSPS) is 11.7. The molecule has 7 heteroatoms.